The predicted octanol–water partition coefficient (Wildman–Crippen LogP) is 1.84. The van der Waals surface area contributed by atoms with Crippen LogP contribution in [0.2, 0.25) is 0 Å². The SMILES string of the molecule is O=C(NC1CCCN(CC(F)(F)F)C1)c1ccncc1. The Balaban J connectivity index is 1.88. The van der Waals surface area contributed by atoms with Crippen LogP contribution < -0.4 is 5.32 Å². The maximum absolute atomic E-state index is 12.4. The number of carbonyl (C=O) groups excluding carboxylic acids is 1. The lowest BCUT2D eigenvalue weighted by atomic mass is 10.1. The molecule has 1 aliphatic heterocycles. The molecule has 0 radical (unpaired) electrons. The van der Waals surface area contributed by atoms with Crippen molar-refractivity contribution in [2.75, 3.05) is 19.6 Å². The molecule has 2 heterocycles. The van der Waals surface area contributed by atoms with E-state index in [0.717, 1.165) is 0 Å². The highest BCUT2D eigenvalue weighted by molar-refractivity contribution is 5.94. The normalized spacial score (nSPS) is 20.6. The highest BCUT2D eigenvalue weighted by Gasteiger charge is 2.33. The van der Waals surface area contributed by atoms with Gasteiger partial charge in [0.05, 0.1) is 6.54 Å². The molecular formula is C13H16F3N3O. The summed E-state index contributed by atoms with van der Waals surface area (Å²) in [5.74, 6) is -0.272. The van der Waals surface area contributed by atoms with Crippen molar-refractivity contribution in [1.82, 2.24) is 15.2 Å². The zero-order chi connectivity index (χ0) is 14.6. The lowest BCUT2D eigenvalue weighted by Gasteiger charge is -2.33. The Hall–Kier alpha value is -1.63. The summed E-state index contributed by atoms with van der Waals surface area (Å²) in [5, 5.41) is 2.78. The number of carbonyl (C=O) groups is 1. The van der Waals surface area contributed by atoms with Crippen LogP contribution in [0.3, 0.4) is 0 Å². The third kappa shape index (κ3) is 4.48. The van der Waals surface area contributed by atoms with E-state index in [1.807, 2.05) is 0 Å². The summed E-state index contributed by atoms with van der Waals surface area (Å²) in [6, 6.07) is 2.91. The van der Waals surface area contributed by atoms with Crippen LogP contribution in [0.5, 0.6) is 0 Å². The molecule has 0 saturated carbocycles. The average molecular weight is 287 g/mol. The Bertz CT molecular complexity index is 450. The lowest BCUT2D eigenvalue weighted by Crippen LogP contribution is -2.49. The molecule has 2 rings (SSSR count). The fraction of sp³-hybridized carbons (Fsp3) is 0.538. The highest BCUT2D eigenvalue weighted by atomic mass is 19.4. The number of halogens is 3. The van der Waals surface area contributed by atoms with Gasteiger partial charge in [0, 0.05) is 30.5 Å². The molecule has 0 aromatic carbocycles. The van der Waals surface area contributed by atoms with E-state index in [0.29, 0.717) is 24.9 Å². The van der Waals surface area contributed by atoms with Gasteiger partial charge in [-0.25, -0.2) is 0 Å². The number of aromatic nitrogens is 1. The first-order valence-electron chi connectivity index (χ1n) is 6.44. The molecule has 0 spiro atoms. The Morgan fingerprint density at radius 3 is 2.75 bits per heavy atom. The van der Waals surface area contributed by atoms with E-state index in [9.17, 15) is 18.0 Å². The second-order valence-corrected chi connectivity index (χ2v) is 4.90. The maximum Gasteiger partial charge on any atom is 0.401 e. The molecule has 1 N–H and O–H groups in total. The van der Waals surface area contributed by atoms with E-state index in [4.69, 9.17) is 0 Å². The van der Waals surface area contributed by atoms with Gasteiger partial charge in [-0.2, -0.15) is 13.2 Å². The Labute approximate surface area is 115 Å². The van der Waals surface area contributed by atoms with Crippen LogP contribution in [0.4, 0.5) is 13.2 Å². The summed E-state index contributed by atoms with van der Waals surface area (Å²) in [6.07, 6.45) is 0.164. The summed E-state index contributed by atoms with van der Waals surface area (Å²) in [5.41, 5.74) is 0.466. The summed E-state index contributed by atoms with van der Waals surface area (Å²) in [4.78, 5) is 17.1. The van der Waals surface area contributed by atoms with Gasteiger partial charge in [0.15, 0.2) is 0 Å². The average Bonchev–Trinajstić information content (AvgIpc) is 2.38. The smallest absolute Gasteiger partial charge is 0.348 e. The van der Waals surface area contributed by atoms with Crippen molar-refractivity contribution in [2.24, 2.45) is 0 Å². The number of rotatable bonds is 3. The molecule has 7 heteroatoms. The molecule has 1 saturated heterocycles. The summed E-state index contributed by atoms with van der Waals surface area (Å²) >= 11 is 0. The predicted molar refractivity (Wildman–Crippen MR) is 67.2 cm³/mol. The summed E-state index contributed by atoms with van der Waals surface area (Å²) < 4.78 is 37.1. The van der Waals surface area contributed by atoms with Crippen LogP contribution in [0, 0.1) is 0 Å². The van der Waals surface area contributed by atoms with Crippen molar-refractivity contribution in [2.45, 2.75) is 25.1 Å². The highest BCUT2D eigenvalue weighted by Crippen LogP contribution is 2.19. The van der Waals surface area contributed by atoms with E-state index in [1.54, 1.807) is 12.1 Å². The van der Waals surface area contributed by atoms with Crippen molar-refractivity contribution in [3.63, 3.8) is 0 Å². The molecule has 1 amide bonds. The van der Waals surface area contributed by atoms with Gasteiger partial charge >= 0.3 is 6.18 Å². The van der Waals surface area contributed by atoms with Crippen LogP contribution in [0.25, 0.3) is 0 Å². The molecule has 1 atom stereocenters. The number of hydrogen-bond donors (Lipinski definition) is 1. The van der Waals surface area contributed by atoms with Crippen molar-refractivity contribution < 1.29 is 18.0 Å². The molecular weight excluding hydrogens is 271 g/mol. The van der Waals surface area contributed by atoms with E-state index in [-0.39, 0.29) is 18.5 Å². The first-order valence-corrected chi connectivity index (χ1v) is 6.44. The van der Waals surface area contributed by atoms with Gasteiger partial charge < -0.3 is 5.32 Å². The zero-order valence-corrected chi connectivity index (χ0v) is 10.9. The molecule has 4 nitrogen and oxygen atoms in total. The van der Waals surface area contributed by atoms with Gasteiger partial charge in [0.2, 0.25) is 0 Å². The monoisotopic (exact) mass is 287 g/mol. The zero-order valence-electron chi connectivity index (χ0n) is 10.9. The number of nitrogens with zero attached hydrogens (tertiary/aromatic N) is 2. The summed E-state index contributed by atoms with van der Waals surface area (Å²) in [7, 11) is 0. The minimum Gasteiger partial charge on any atom is -0.348 e. The molecule has 1 fully saturated rings. The number of amides is 1. The van der Waals surface area contributed by atoms with E-state index in [2.05, 4.69) is 10.3 Å². The fourth-order valence-electron chi connectivity index (χ4n) is 2.34. The quantitative estimate of drug-likeness (QED) is 0.922. The van der Waals surface area contributed by atoms with Crippen LogP contribution in [-0.4, -0.2) is 47.6 Å². The lowest BCUT2D eigenvalue weighted by molar-refractivity contribution is -0.148. The Morgan fingerprint density at radius 1 is 1.40 bits per heavy atom. The van der Waals surface area contributed by atoms with Gasteiger partial charge in [0.1, 0.15) is 0 Å². The largest absolute Gasteiger partial charge is 0.401 e. The molecule has 20 heavy (non-hydrogen) atoms. The van der Waals surface area contributed by atoms with Crippen molar-refractivity contribution in [1.29, 1.82) is 0 Å². The van der Waals surface area contributed by atoms with Gasteiger partial charge in [-0.3, -0.25) is 14.7 Å². The van der Waals surface area contributed by atoms with Crippen LogP contribution in [0.15, 0.2) is 24.5 Å². The molecule has 0 bridgehead atoms. The van der Waals surface area contributed by atoms with Crippen molar-refractivity contribution in [3.8, 4) is 0 Å². The van der Waals surface area contributed by atoms with Gasteiger partial charge in [0.25, 0.3) is 5.91 Å². The van der Waals surface area contributed by atoms with E-state index in [1.165, 1.54) is 17.3 Å². The second kappa shape index (κ2) is 6.21. The molecule has 1 aromatic rings. The number of likely N-dealkylation sites (tertiary alicyclic amines) is 1. The number of nitrogens with one attached hydrogen (secondary N) is 1. The fourth-order valence-corrected chi connectivity index (χ4v) is 2.34. The van der Waals surface area contributed by atoms with E-state index >= 15 is 0 Å². The summed E-state index contributed by atoms with van der Waals surface area (Å²) in [6.45, 7) is -0.272. The molecule has 1 aromatic heterocycles. The maximum atomic E-state index is 12.4. The molecule has 0 aliphatic carbocycles. The minimum absolute atomic E-state index is 0.232. The third-order valence-electron chi connectivity index (χ3n) is 3.19. The number of pyridine rings is 1. The van der Waals surface area contributed by atoms with E-state index < -0.39 is 12.7 Å². The van der Waals surface area contributed by atoms with Crippen LogP contribution >= 0.6 is 0 Å². The Kier molecular flexibility index (Phi) is 4.59. The topological polar surface area (TPSA) is 45.2 Å². The van der Waals surface area contributed by atoms with Crippen molar-refractivity contribution in [3.05, 3.63) is 30.1 Å². The van der Waals surface area contributed by atoms with Gasteiger partial charge in [-0.05, 0) is 31.5 Å². The number of hydrogen-bond acceptors (Lipinski definition) is 3. The third-order valence-corrected chi connectivity index (χ3v) is 3.19. The van der Waals surface area contributed by atoms with Crippen molar-refractivity contribution >= 4 is 5.91 Å². The molecule has 1 unspecified atom stereocenters. The minimum atomic E-state index is -4.20. The molecule has 110 valence electrons. The number of alkyl halides is 3. The number of piperidine rings is 1. The van der Waals surface area contributed by atoms with Crippen LogP contribution in [0.1, 0.15) is 23.2 Å². The first-order chi connectivity index (χ1) is 9.44. The van der Waals surface area contributed by atoms with Crippen LogP contribution in [-0.2, 0) is 0 Å². The first kappa shape index (κ1) is 14.8. The second-order valence-electron chi connectivity index (χ2n) is 4.90. The van der Waals surface area contributed by atoms with Gasteiger partial charge in [-0.1, -0.05) is 0 Å². The molecule has 1 aliphatic rings. The standard InChI is InChI=1S/C13H16F3N3O/c14-13(15,16)9-19-7-1-2-11(8-19)18-12(20)10-3-5-17-6-4-10/h3-6,11H,1-2,7-9H2,(H,18,20). The van der Waals surface area contributed by atoms with Gasteiger partial charge in [-0.15, -0.1) is 0 Å². The Morgan fingerprint density at radius 2 is 2.10 bits per heavy atom.